The maximum atomic E-state index is 13.8. The lowest BCUT2D eigenvalue weighted by Crippen LogP contribution is -2.28. The maximum Gasteiger partial charge on any atom is 0.268 e. The molecule has 7 heteroatoms. The number of hydrogen-bond acceptors (Lipinski definition) is 5. The van der Waals surface area contributed by atoms with Crippen LogP contribution in [0.4, 0.5) is 11.4 Å². The summed E-state index contributed by atoms with van der Waals surface area (Å²) in [7, 11) is 0. The zero-order valence-electron chi connectivity index (χ0n) is 20.8. The molecular formula is C31H26N4O2S. The van der Waals surface area contributed by atoms with Crippen molar-refractivity contribution < 1.29 is 4.79 Å². The molecule has 188 valence electrons. The topological polar surface area (TPSA) is 68.1 Å². The Kier molecular flexibility index (Phi) is 6.75. The van der Waals surface area contributed by atoms with Gasteiger partial charge in [0.1, 0.15) is 0 Å². The molecule has 2 heterocycles. The number of carbonyl (C=O) groups is 1. The Hall–Kier alpha value is -4.23. The Labute approximate surface area is 225 Å². The standard InChI is InChI=1S/C31H26N4O2S/c36-28(34(23-13-4-1-5-14-23)24-15-6-2-7-16-24)21-38-31-33-29-26(20-22-12-10-11-19-27(22)32-29)30(37)35(31)25-17-8-3-9-18-25/h1-9,13-18,20H,10-12,19,21H2. The molecule has 0 spiro atoms. The fourth-order valence-corrected chi connectivity index (χ4v) is 5.75. The van der Waals surface area contributed by atoms with E-state index in [0.29, 0.717) is 21.9 Å². The first-order chi connectivity index (χ1) is 18.7. The van der Waals surface area contributed by atoms with E-state index in [4.69, 9.17) is 9.97 Å². The van der Waals surface area contributed by atoms with Crippen LogP contribution >= 0.6 is 11.8 Å². The van der Waals surface area contributed by atoms with Gasteiger partial charge in [0.25, 0.3) is 5.56 Å². The molecule has 0 N–H and O–H groups in total. The van der Waals surface area contributed by atoms with E-state index >= 15 is 0 Å². The molecule has 0 saturated carbocycles. The molecule has 2 aromatic heterocycles. The third kappa shape index (κ3) is 4.73. The first-order valence-electron chi connectivity index (χ1n) is 12.8. The minimum atomic E-state index is -0.167. The lowest BCUT2D eigenvalue weighted by molar-refractivity contribution is -0.115. The molecule has 0 fully saturated rings. The number of pyridine rings is 1. The SMILES string of the molecule is O=C(CSc1nc2nc3c(cc2c(=O)n1-c1ccccc1)CCCC3)N(c1ccccc1)c1ccccc1. The number of para-hydroxylation sites is 3. The van der Waals surface area contributed by atoms with Gasteiger partial charge in [0, 0.05) is 17.1 Å². The van der Waals surface area contributed by atoms with Crippen molar-refractivity contribution in [1.82, 2.24) is 14.5 Å². The minimum Gasteiger partial charge on any atom is -0.280 e. The van der Waals surface area contributed by atoms with Crippen molar-refractivity contribution in [2.75, 3.05) is 10.7 Å². The number of carbonyl (C=O) groups excluding carboxylic acids is 1. The molecular weight excluding hydrogens is 492 g/mol. The highest BCUT2D eigenvalue weighted by atomic mass is 32.2. The molecule has 0 radical (unpaired) electrons. The number of nitrogens with zero attached hydrogens (tertiary/aromatic N) is 4. The lowest BCUT2D eigenvalue weighted by Gasteiger charge is -2.23. The van der Waals surface area contributed by atoms with Crippen LogP contribution in [0.25, 0.3) is 16.7 Å². The van der Waals surface area contributed by atoms with E-state index in [0.717, 1.165) is 48.3 Å². The molecule has 38 heavy (non-hydrogen) atoms. The number of amides is 1. The van der Waals surface area contributed by atoms with Crippen molar-refractivity contribution in [3.05, 3.63) is 119 Å². The van der Waals surface area contributed by atoms with Crippen LogP contribution in [-0.2, 0) is 17.6 Å². The van der Waals surface area contributed by atoms with Gasteiger partial charge in [-0.05, 0) is 73.7 Å². The molecule has 6 nitrogen and oxygen atoms in total. The van der Waals surface area contributed by atoms with Crippen LogP contribution in [0.3, 0.4) is 0 Å². The highest BCUT2D eigenvalue weighted by Gasteiger charge is 2.22. The summed E-state index contributed by atoms with van der Waals surface area (Å²) >= 11 is 1.25. The second-order valence-electron chi connectivity index (χ2n) is 9.23. The molecule has 0 unspecified atom stereocenters. The zero-order valence-corrected chi connectivity index (χ0v) is 21.6. The Balaban J connectivity index is 1.41. The van der Waals surface area contributed by atoms with Crippen LogP contribution < -0.4 is 10.5 Å². The maximum absolute atomic E-state index is 13.8. The highest BCUT2D eigenvalue weighted by molar-refractivity contribution is 7.99. The third-order valence-electron chi connectivity index (χ3n) is 6.72. The molecule has 5 aromatic rings. The van der Waals surface area contributed by atoms with Crippen molar-refractivity contribution in [2.24, 2.45) is 0 Å². The molecule has 1 amide bonds. The van der Waals surface area contributed by atoms with Gasteiger partial charge in [0.2, 0.25) is 5.91 Å². The fourth-order valence-electron chi connectivity index (χ4n) is 4.90. The number of thioether (sulfide) groups is 1. The van der Waals surface area contributed by atoms with Gasteiger partial charge in [0.05, 0.1) is 16.8 Å². The van der Waals surface area contributed by atoms with E-state index in [1.54, 1.807) is 9.47 Å². The van der Waals surface area contributed by atoms with Crippen LogP contribution in [0.5, 0.6) is 0 Å². The van der Waals surface area contributed by atoms with Gasteiger partial charge < -0.3 is 0 Å². The van der Waals surface area contributed by atoms with Crippen molar-refractivity contribution in [1.29, 1.82) is 0 Å². The molecule has 0 bridgehead atoms. The number of fused-ring (bicyclic) bond motifs is 2. The van der Waals surface area contributed by atoms with Gasteiger partial charge in [-0.3, -0.25) is 19.1 Å². The molecule has 6 rings (SSSR count). The van der Waals surface area contributed by atoms with Crippen molar-refractivity contribution in [3.63, 3.8) is 0 Å². The van der Waals surface area contributed by atoms with E-state index in [1.165, 1.54) is 11.8 Å². The smallest absolute Gasteiger partial charge is 0.268 e. The predicted molar refractivity (Wildman–Crippen MR) is 153 cm³/mol. The van der Waals surface area contributed by atoms with Gasteiger partial charge in [-0.25, -0.2) is 9.97 Å². The van der Waals surface area contributed by atoms with Crippen LogP contribution in [0.1, 0.15) is 24.1 Å². The summed E-state index contributed by atoms with van der Waals surface area (Å²) in [4.78, 5) is 38.9. The number of aryl methyl sites for hydroxylation is 2. The van der Waals surface area contributed by atoms with Gasteiger partial charge in [-0.2, -0.15) is 0 Å². The number of aromatic nitrogens is 3. The summed E-state index contributed by atoms with van der Waals surface area (Å²) in [6.45, 7) is 0. The predicted octanol–water partition coefficient (Wildman–Crippen LogP) is 6.12. The number of anilines is 2. The van der Waals surface area contributed by atoms with Crippen LogP contribution in [0, 0.1) is 0 Å². The summed E-state index contributed by atoms with van der Waals surface area (Å²) in [5, 5.41) is 0.965. The Morgan fingerprint density at radius 2 is 1.42 bits per heavy atom. The van der Waals surface area contributed by atoms with E-state index in [2.05, 4.69) is 0 Å². The number of benzene rings is 3. The van der Waals surface area contributed by atoms with E-state index in [1.807, 2.05) is 97.1 Å². The fraction of sp³-hybridized carbons (Fsp3) is 0.161. The second kappa shape index (κ2) is 10.6. The quantitative estimate of drug-likeness (QED) is 0.200. The summed E-state index contributed by atoms with van der Waals surface area (Å²) in [5.74, 6) is -0.0146. The molecule has 0 atom stereocenters. The summed E-state index contributed by atoms with van der Waals surface area (Å²) in [6.07, 6.45) is 4.04. The first-order valence-corrected chi connectivity index (χ1v) is 13.7. The first kappa shape index (κ1) is 24.1. The lowest BCUT2D eigenvalue weighted by atomic mass is 9.95. The summed E-state index contributed by atoms with van der Waals surface area (Å²) in [6, 6.07) is 30.6. The monoisotopic (exact) mass is 518 g/mol. The molecule has 1 aliphatic carbocycles. The minimum absolute atomic E-state index is 0.0967. The van der Waals surface area contributed by atoms with Gasteiger partial charge in [-0.15, -0.1) is 0 Å². The van der Waals surface area contributed by atoms with Crippen LogP contribution in [0.15, 0.2) is 107 Å². The number of hydrogen-bond donors (Lipinski definition) is 0. The van der Waals surface area contributed by atoms with Crippen molar-refractivity contribution in [2.45, 2.75) is 30.8 Å². The van der Waals surface area contributed by atoms with Crippen molar-refractivity contribution >= 4 is 40.1 Å². The molecule has 0 aliphatic heterocycles. The van der Waals surface area contributed by atoms with Crippen LogP contribution in [-0.4, -0.2) is 26.2 Å². The highest BCUT2D eigenvalue weighted by Crippen LogP contribution is 2.29. The Bertz CT molecular complexity index is 1620. The zero-order chi connectivity index (χ0) is 25.9. The Morgan fingerprint density at radius 1 is 0.816 bits per heavy atom. The van der Waals surface area contributed by atoms with Gasteiger partial charge >= 0.3 is 0 Å². The number of rotatable bonds is 6. The average Bonchev–Trinajstić information content (AvgIpc) is 2.97. The molecule has 3 aromatic carbocycles. The van der Waals surface area contributed by atoms with E-state index in [9.17, 15) is 9.59 Å². The van der Waals surface area contributed by atoms with Gasteiger partial charge in [0.15, 0.2) is 10.8 Å². The summed E-state index contributed by atoms with van der Waals surface area (Å²) in [5.41, 5.74) is 4.72. The Morgan fingerprint density at radius 3 is 2.08 bits per heavy atom. The van der Waals surface area contributed by atoms with Gasteiger partial charge in [-0.1, -0.05) is 66.4 Å². The second-order valence-corrected chi connectivity index (χ2v) is 10.2. The summed E-state index contributed by atoms with van der Waals surface area (Å²) < 4.78 is 1.60. The van der Waals surface area contributed by atoms with E-state index < -0.39 is 0 Å². The average molecular weight is 519 g/mol. The van der Waals surface area contributed by atoms with E-state index in [-0.39, 0.29) is 17.2 Å². The normalized spacial score (nSPS) is 12.7. The third-order valence-corrected chi connectivity index (χ3v) is 7.65. The largest absolute Gasteiger partial charge is 0.280 e. The molecule has 0 saturated heterocycles. The molecule has 1 aliphatic rings. The van der Waals surface area contributed by atoms with Crippen LogP contribution in [0.2, 0.25) is 0 Å². The van der Waals surface area contributed by atoms with Crippen molar-refractivity contribution in [3.8, 4) is 5.69 Å².